The van der Waals surface area contributed by atoms with Crippen molar-refractivity contribution in [2.24, 2.45) is 0 Å². The lowest BCUT2D eigenvalue weighted by molar-refractivity contribution is 0.144. The zero-order valence-corrected chi connectivity index (χ0v) is 15.8. The summed E-state index contributed by atoms with van der Waals surface area (Å²) >= 11 is 0. The Morgan fingerprint density at radius 3 is 2.58 bits per heavy atom. The molecular formula is C16H26N4O5S. The van der Waals surface area contributed by atoms with Crippen molar-refractivity contribution in [3.63, 3.8) is 0 Å². The average Bonchev–Trinajstić information content (AvgIpc) is 2.57. The second-order valence-electron chi connectivity index (χ2n) is 6.21. The molecule has 0 aromatic carbocycles. The number of anilines is 1. The fourth-order valence-corrected chi connectivity index (χ4v) is 3.66. The summed E-state index contributed by atoms with van der Waals surface area (Å²) in [5.41, 5.74) is 0.519. The van der Waals surface area contributed by atoms with Crippen molar-refractivity contribution < 1.29 is 22.7 Å². The second kappa shape index (κ2) is 9.70. The van der Waals surface area contributed by atoms with Crippen LogP contribution in [0.15, 0.2) is 18.3 Å². The number of carbonyl (C=O) groups excluding carboxylic acids is 1. The van der Waals surface area contributed by atoms with E-state index in [1.165, 1.54) is 6.20 Å². The van der Waals surface area contributed by atoms with E-state index in [0.717, 1.165) is 25.5 Å². The highest BCUT2D eigenvalue weighted by atomic mass is 32.2. The summed E-state index contributed by atoms with van der Waals surface area (Å²) in [7, 11) is -1.73. The Kier molecular flexibility index (Phi) is 7.61. The Morgan fingerprint density at radius 1 is 1.23 bits per heavy atom. The molecule has 1 saturated carbocycles. The van der Waals surface area contributed by atoms with Crippen LogP contribution >= 0.6 is 0 Å². The molecule has 10 heteroatoms. The van der Waals surface area contributed by atoms with E-state index in [2.05, 4.69) is 20.3 Å². The maximum absolute atomic E-state index is 12.2. The van der Waals surface area contributed by atoms with Crippen molar-refractivity contribution in [3.8, 4) is 5.88 Å². The molecule has 1 aromatic heterocycles. The van der Waals surface area contributed by atoms with Crippen LogP contribution in [0, 0.1) is 0 Å². The SMILES string of the molecule is COCCOc1ccc(NC(=O)N[C@H]2CCCC[C@H]2NS(C)(=O)=O)cn1. The van der Waals surface area contributed by atoms with Gasteiger partial charge in [-0.3, -0.25) is 0 Å². The number of methoxy groups -OCH3 is 1. The highest BCUT2D eigenvalue weighted by Crippen LogP contribution is 2.19. The number of sulfonamides is 1. The molecule has 1 aliphatic rings. The molecular weight excluding hydrogens is 360 g/mol. The van der Waals surface area contributed by atoms with E-state index < -0.39 is 16.1 Å². The Hall–Kier alpha value is -1.91. The highest BCUT2D eigenvalue weighted by molar-refractivity contribution is 7.88. The van der Waals surface area contributed by atoms with Crippen LogP contribution in [-0.2, 0) is 14.8 Å². The monoisotopic (exact) mass is 386 g/mol. The minimum Gasteiger partial charge on any atom is -0.475 e. The Morgan fingerprint density at radius 2 is 1.96 bits per heavy atom. The lowest BCUT2D eigenvalue weighted by Gasteiger charge is -2.32. The van der Waals surface area contributed by atoms with E-state index >= 15 is 0 Å². The van der Waals surface area contributed by atoms with Crippen molar-refractivity contribution in [3.05, 3.63) is 18.3 Å². The van der Waals surface area contributed by atoms with Crippen molar-refractivity contribution in [2.45, 2.75) is 37.8 Å². The summed E-state index contributed by atoms with van der Waals surface area (Å²) in [6.45, 7) is 0.862. The Bertz CT molecular complexity index is 680. The maximum atomic E-state index is 12.2. The Labute approximate surface area is 153 Å². The van der Waals surface area contributed by atoms with Gasteiger partial charge in [0.05, 0.1) is 24.7 Å². The summed E-state index contributed by atoms with van der Waals surface area (Å²) < 4.78 is 35.8. The van der Waals surface area contributed by atoms with E-state index in [0.29, 0.717) is 31.2 Å². The molecule has 1 heterocycles. The third-order valence-corrected chi connectivity index (χ3v) is 4.71. The molecule has 1 fully saturated rings. The smallest absolute Gasteiger partial charge is 0.319 e. The van der Waals surface area contributed by atoms with Gasteiger partial charge in [-0.1, -0.05) is 12.8 Å². The van der Waals surface area contributed by atoms with E-state index in [4.69, 9.17) is 9.47 Å². The van der Waals surface area contributed by atoms with Crippen LogP contribution < -0.4 is 20.1 Å². The van der Waals surface area contributed by atoms with Gasteiger partial charge in [0, 0.05) is 25.3 Å². The van der Waals surface area contributed by atoms with Crippen LogP contribution in [-0.4, -0.2) is 58.1 Å². The van der Waals surface area contributed by atoms with Crippen LogP contribution in [0.1, 0.15) is 25.7 Å². The first-order valence-corrected chi connectivity index (χ1v) is 10.4. The third kappa shape index (κ3) is 7.14. The molecule has 0 bridgehead atoms. The first-order chi connectivity index (χ1) is 12.4. The first-order valence-electron chi connectivity index (χ1n) is 8.50. The van der Waals surface area contributed by atoms with Gasteiger partial charge in [-0.25, -0.2) is 22.9 Å². The number of amides is 2. The molecule has 26 heavy (non-hydrogen) atoms. The number of rotatable bonds is 8. The fourth-order valence-electron chi connectivity index (χ4n) is 2.82. The van der Waals surface area contributed by atoms with Gasteiger partial charge in [-0.2, -0.15) is 0 Å². The molecule has 3 N–H and O–H groups in total. The van der Waals surface area contributed by atoms with Gasteiger partial charge in [-0.05, 0) is 18.9 Å². The standard InChI is InChI=1S/C16H26N4O5S/c1-24-9-10-25-15-8-7-12(11-17-15)18-16(21)19-13-5-3-4-6-14(13)20-26(2,22)23/h7-8,11,13-14,20H,3-6,9-10H2,1-2H3,(H2,18,19,21)/t13-,14+/m0/s1. The summed E-state index contributed by atoms with van der Waals surface area (Å²) in [6.07, 6.45) is 5.93. The van der Waals surface area contributed by atoms with Gasteiger partial charge < -0.3 is 20.1 Å². The number of carbonyl (C=O) groups is 1. The van der Waals surface area contributed by atoms with E-state index in [9.17, 15) is 13.2 Å². The third-order valence-electron chi connectivity index (χ3n) is 3.98. The molecule has 2 rings (SSSR count). The summed E-state index contributed by atoms with van der Waals surface area (Å²) in [4.78, 5) is 16.3. The highest BCUT2D eigenvalue weighted by Gasteiger charge is 2.28. The second-order valence-corrected chi connectivity index (χ2v) is 7.99. The van der Waals surface area contributed by atoms with Gasteiger partial charge in [0.15, 0.2) is 0 Å². The van der Waals surface area contributed by atoms with Crippen LogP contribution in [0.2, 0.25) is 0 Å². The molecule has 2 amide bonds. The molecule has 1 aliphatic carbocycles. The lowest BCUT2D eigenvalue weighted by atomic mass is 9.91. The van der Waals surface area contributed by atoms with E-state index in [1.54, 1.807) is 19.2 Å². The van der Waals surface area contributed by atoms with Gasteiger partial charge in [0.2, 0.25) is 15.9 Å². The summed E-state index contributed by atoms with van der Waals surface area (Å²) in [5.74, 6) is 0.442. The first kappa shape index (κ1) is 20.4. The fraction of sp³-hybridized carbons (Fsp3) is 0.625. The van der Waals surface area contributed by atoms with E-state index in [-0.39, 0.29) is 12.1 Å². The van der Waals surface area contributed by atoms with Gasteiger partial charge in [-0.15, -0.1) is 0 Å². The number of ether oxygens (including phenoxy) is 2. The normalized spacial score (nSPS) is 20.4. The minimum atomic E-state index is -3.32. The summed E-state index contributed by atoms with van der Waals surface area (Å²) in [5, 5.41) is 5.54. The lowest BCUT2D eigenvalue weighted by Crippen LogP contribution is -2.53. The number of hydrogen-bond acceptors (Lipinski definition) is 6. The number of pyridine rings is 1. The minimum absolute atomic E-state index is 0.247. The van der Waals surface area contributed by atoms with Crippen molar-refractivity contribution in [1.29, 1.82) is 0 Å². The number of hydrogen-bond donors (Lipinski definition) is 3. The zero-order chi connectivity index (χ0) is 19.0. The van der Waals surface area contributed by atoms with Crippen molar-refractivity contribution in [2.75, 3.05) is 31.9 Å². The summed E-state index contributed by atoms with van der Waals surface area (Å²) in [6, 6.07) is 2.40. The van der Waals surface area contributed by atoms with Crippen LogP contribution in [0.4, 0.5) is 10.5 Å². The molecule has 2 atom stereocenters. The Balaban J connectivity index is 1.86. The molecule has 0 radical (unpaired) electrons. The van der Waals surface area contributed by atoms with Crippen molar-refractivity contribution >= 4 is 21.7 Å². The van der Waals surface area contributed by atoms with Gasteiger partial charge in [0.25, 0.3) is 0 Å². The number of nitrogens with one attached hydrogen (secondary N) is 3. The quantitative estimate of drug-likeness (QED) is 0.576. The molecule has 0 unspecified atom stereocenters. The molecule has 146 valence electrons. The number of aromatic nitrogens is 1. The molecule has 0 spiro atoms. The van der Waals surface area contributed by atoms with Crippen LogP contribution in [0.3, 0.4) is 0 Å². The zero-order valence-electron chi connectivity index (χ0n) is 15.0. The predicted molar refractivity (Wildman–Crippen MR) is 97.8 cm³/mol. The van der Waals surface area contributed by atoms with Crippen LogP contribution in [0.25, 0.3) is 0 Å². The van der Waals surface area contributed by atoms with Gasteiger partial charge >= 0.3 is 6.03 Å². The molecule has 0 saturated heterocycles. The maximum Gasteiger partial charge on any atom is 0.319 e. The predicted octanol–water partition coefficient (Wildman–Crippen LogP) is 1.09. The number of urea groups is 1. The molecule has 1 aromatic rings. The topological polar surface area (TPSA) is 119 Å². The number of nitrogens with zero attached hydrogens (tertiary/aromatic N) is 1. The largest absolute Gasteiger partial charge is 0.475 e. The molecule has 0 aliphatic heterocycles. The van der Waals surface area contributed by atoms with Crippen molar-refractivity contribution in [1.82, 2.24) is 15.0 Å². The van der Waals surface area contributed by atoms with Crippen LogP contribution in [0.5, 0.6) is 5.88 Å². The van der Waals surface area contributed by atoms with E-state index in [1.807, 2.05) is 0 Å². The van der Waals surface area contributed by atoms with Gasteiger partial charge in [0.1, 0.15) is 6.61 Å². The average molecular weight is 386 g/mol. The molecule has 9 nitrogen and oxygen atoms in total.